The van der Waals surface area contributed by atoms with Gasteiger partial charge in [-0.1, -0.05) is 0 Å². The third-order valence-corrected chi connectivity index (χ3v) is 0. The van der Waals surface area contributed by atoms with Crippen molar-refractivity contribution in [2.45, 2.75) is 0 Å². The molecule has 0 aliphatic rings. The van der Waals surface area contributed by atoms with Crippen molar-refractivity contribution in [1.29, 1.82) is 0 Å². The number of rotatable bonds is 0. The fourth-order valence-corrected chi connectivity index (χ4v) is 0. The molecule has 0 rings (SSSR count). The summed E-state index contributed by atoms with van der Waals surface area (Å²) in [5, 5.41) is 0. The summed E-state index contributed by atoms with van der Waals surface area (Å²) in [5.74, 6) is 0. The Morgan fingerprint density at radius 1 is 1.00 bits per heavy atom. The van der Waals surface area contributed by atoms with Gasteiger partial charge in [0.25, 0.3) is 0 Å². The van der Waals surface area contributed by atoms with Gasteiger partial charge >= 0.3 is 0 Å². The smallest absolute Gasteiger partial charge is 0.0579 e. The maximum atomic E-state index is 6.47. The summed E-state index contributed by atoms with van der Waals surface area (Å²) in [6.45, 7) is 0. The van der Waals surface area contributed by atoms with E-state index >= 15 is 0 Å². The third kappa shape index (κ3) is 10.3. The second-order valence-electron chi connectivity index (χ2n) is 0. The number of halogens is 1. The van der Waals surface area contributed by atoms with E-state index in [0.29, 0.717) is 0 Å². The van der Waals surface area contributed by atoms with E-state index in [2.05, 4.69) is 11.9 Å². The van der Waals surface area contributed by atoms with Crippen LogP contribution in [-0.2, 0) is 0 Å². The molecule has 0 bridgehead atoms. The summed E-state index contributed by atoms with van der Waals surface area (Å²) in [5.41, 5.74) is 0. The molecule has 0 aromatic heterocycles. The minimum absolute atomic E-state index is 0. The van der Waals surface area contributed by atoms with Gasteiger partial charge in [0.15, 0.2) is 0 Å². The average molecular weight is 106 g/mol. The maximum Gasteiger partial charge on any atom is 0.0579 e. The van der Waals surface area contributed by atoms with Crippen molar-refractivity contribution in [3.63, 3.8) is 0 Å². The summed E-state index contributed by atoms with van der Waals surface area (Å²) in [7, 11) is 0. The van der Waals surface area contributed by atoms with Crippen molar-refractivity contribution in [2.24, 2.45) is 0 Å². The van der Waals surface area contributed by atoms with E-state index in [1.807, 2.05) is 0 Å². The van der Waals surface area contributed by atoms with Crippen LogP contribution in [0.5, 0.6) is 0 Å². The molecule has 6 radical (unpaired) electrons. The van der Waals surface area contributed by atoms with E-state index in [0.717, 1.165) is 0 Å². The molecule has 0 saturated carbocycles. The first-order valence-electron chi connectivity index (χ1n) is 0.169. The van der Waals surface area contributed by atoms with Crippen LogP contribution in [0.25, 0.3) is 0 Å². The van der Waals surface area contributed by atoms with E-state index in [1.165, 1.54) is 0 Å². The lowest BCUT2D eigenvalue weighted by atomic mass is 15.9. The Bertz CT molecular complexity index is 6.00. The summed E-state index contributed by atoms with van der Waals surface area (Å²) < 4.78 is 6.47. The van der Waals surface area contributed by atoms with Crippen molar-refractivity contribution < 1.29 is 4.66 Å². The monoisotopic (exact) mass is 106 g/mol. The summed E-state index contributed by atoms with van der Waals surface area (Å²) >= 11 is 3.64. The molecule has 0 aliphatic carbocycles. The molecular formula is HAl2ClO. The van der Waals surface area contributed by atoms with Crippen molar-refractivity contribution in [3.05, 3.63) is 0 Å². The predicted octanol–water partition coefficient (Wildman–Crippen LogP) is -0.629. The van der Waals surface area contributed by atoms with Gasteiger partial charge in [-0.25, -0.2) is 0 Å². The molecule has 4 heavy (non-hydrogen) atoms. The highest BCUT2D eigenvalue weighted by atomic mass is 35.5. The molecule has 0 atom stereocenters. The molecule has 0 unspecified atom stereocenters. The predicted molar refractivity (Wildman–Crippen MR) is 19.6 cm³/mol. The number of hydrogen-bond acceptors (Lipinski definition) is 1. The topological polar surface area (TPSA) is 20.2 Å². The fourth-order valence-electron chi connectivity index (χ4n) is 0. The quantitative estimate of drug-likeness (QED) is 0.408. The molecule has 0 aliphatic heterocycles. The normalized spacial score (nSPS) is 1.50. The van der Waals surface area contributed by atoms with Gasteiger partial charge in [-0.3, -0.25) is 4.66 Å². The molecule has 20 valence electrons. The molecule has 0 aromatic rings. The van der Waals surface area contributed by atoms with Crippen LogP contribution in [0.1, 0.15) is 0 Å². The van der Waals surface area contributed by atoms with Gasteiger partial charge in [0.05, 0.1) is 11.9 Å². The van der Waals surface area contributed by atoms with Crippen LogP contribution in [0, 0.1) is 0 Å². The maximum absolute atomic E-state index is 6.47. The Morgan fingerprint density at radius 2 is 1.00 bits per heavy atom. The Balaban J connectivity index is -0.00000000500. The first-order valence-corrected chi connectivity index (χ1v) is 0.507. The van der Waals surface area contributed by atoms with Gasteiger partial charge in [0, 0.05) is 34.7 Å². The van der Waals surface area contributed by atoms with Gasteiger partial charge in [-0.2, -0.15) is 0 Å². The Labute approximate surface area is 51.4 Å². The van der Waals surface area contributed by atoms with Crippen LogP contribution in [0.2, 0.25) is 0 Å². The van der Waals surface area contributed by atoms with Gasteiger partial charge in [0.1, 0.15) is 0 Å². The first kappa shape index (κ1) is 18.5. The second-order valence-corrected chi connectivity index (χ2v) is 0. The molecule has 0 saturated heterocycles. The summed E-state index contributed by atoms with van der Waals surface area (Å²) in [6.07, 6.45) is 0. The van der Waals surface area contributed by atoms with Crippen LogP contribution in [0.15, 0.2) is 0 Å². The third-order valence-electron chi connectivity index (χ3n) is 0. The molecule has 0 aromatic carbocycles. The lowest BCUT2D eigenvalue weighted by Crippen LogP contribution is -0.913. The second kappa shape index (κ2) is 27.4. The molecule has 1 nitrogen and oxygen atoms in total. The van der Waals surface area contributed by atoms with Crippen molar-refractivity contribution in [3.8, 4) is 0 Å². The van der Waals surface area contributed by atoms with Crippen LogP contribution < -0.4 is 0 Å². The average Bonchev–Trinajstić information content (AvgIpc) is 1.00. The zero-order chi connectivity index (χ0) is 2.00. The molecular weight excluding hydrogens is 105 g/mol. The Morgan fingerprint density at radius 3 is 1.00 bits per heavy atom. The lowest BCUT2D eigenvalue weighted by Gasteiger charge is -1.13. The minimum Gasteiger partial charge on any atom is -0.295 e. The van der Waals surface area contributed by atoms with Gasteiger partial charge in [-0.05, 0) is 0 Å². The summed E-state index contributed by atoms with van der Waals surface area (Å²) in [4.78, 5) is 0. The van der Waals surface area contributed by atoms with Crippen molar-refractivity contribution in [2.75, 3.05) is 0 Å². The van der Waals surface area contributed by atoms with E-state index in [-0.39, 0.29) is 34.7 Å². The van der Waals surface area contributed by atoms with Crippen LogP contribution in [0.3, 0.4) is 0 Å². The van der Waals surface area contributed by atoms with E-state index in [1.54, 1.807) is 0 Å². The lowest BCUT2D eigenvalue weighted by molar-refractivity contribution is 0.632. The minimum atomic E-state index is 0. The zero-order valence-electron chi connectivity index (χ0n) is 1.98. The Kier molecular flexibility index (Phi) is 127. The molecule has 0 spiro atoms. The van der Waals surface area contributed by atoms with Crippen LogP contribution in [-0.4, -0.2) is 39.4 Å². The zero-order valence-corrected chi connectivity index (χ0v) is 5.05. The molecule has 0 heterocycles. The van der Waals surface area contributed by atoms with Crippen molar-refractivity contribution >= 4 is 46.6 Å². The van der Waals surface area contributed by atoms with Crippen LogP contribution in [0.4, 0.5) is 0 Å². The van der Waals surface area contributed by atoms with E-state index in [4.69, 9.17) is 4.66 Å². The van der Waals surface area contributed by atoms with Gasteiger partial charge < -0.3 is 0 Å². The van der Waals surface area contributed by atoms with E-state index < -0.39 is 0 Å². The van der Waals surface area contributed by atoms with Gasteiger partial charge in [-0.15, -0.1) is 0 Å². The fraction of sp³-hybridized carbons (Fsp3) is 0. The van der Waals surface area contributed by atoms with Crippen molar-refractivity contribution in [1.82, 2.24) is 0 Å². The standard InChI is InChI=1S/2Al.ClHO/c;;1-2/h;;2H. The molecule has 1 N–H and O–H groups in total. The highest BCUT2D eigenvalue weighted by Crippen LogP contribution is 1.31. The molecule has 0 amide bonds. The van der Waals surface area contributed by atoms with Crippen LogP contribution >= 0.6 is 11.9 Å². The summed E-state index contributed by atoms with van der Waals surface area (Å²) in [6, 6.07) is 0. The Hall–Kier alpha value is 1.31. The molecule has 4 heteroatoms. The van der Waals surface area contributed by atoms with Gasteiger partial charge in [0.2, 0.25) is 0 Å². The SMILES string of the molecule is OCl.[Al].[Al]. The largest absolute Gasteiger partial charge is 0.295 e. The molecule has 0 fully saturated rings. The highest BCUT2D eigenvalue weighted by molar-refractivity contribution is 6.04. The van der Waals surface area contributed by atoms with E-state index in [9.17, 15) is 0 Å². The number of hydrogen-bond donors (Lipinski definition) is 1. The highest BCUT2D eigenvalue weighted by Gasteiger charge is 0.897. The first-order chi connectivity index (χ1) is 1.00.